The maximum absolute atomic E-state index is 12.6. The van der Waals surface area contributed by atoms with Gasteiger partial charge in [-0.05, 0) is 24.6 Å². The Morgan fingerprint density at radius 1 is 0.912 bits per heavy atom. The van der Waals surface area contributed by atoms with Crippen molar-refractivity contribution in [1.82, 2.24) is 29.1 Å². The molecule has 316 valence electrons. The first-order chi connectivity index (χ1) is 26.6. The predicted octanol–water partition coefficient (Wildman–Crippen LogP) is -1.11. The lowest BCUT2D eigenvalue weighted by atomic mass is 10.1. The molecule has 3 aliphatic heterocycles. The van der Waals surface area contributed by atoms with E-state index in [1.807, 2.05) is 0 Å². The number of H-pyrrole nitrogens is 1. The van der Waals surface area contributed by atoms with Crippen molar-refractivity contribution < 1.29 is 84.8 Å². The second-order valence-electron chi connectivity index (χ2n) is 12.2. The fourth-order valence-electron chi connectivity index (χ4n) is 5.93. The van der Waals surface area contributed by atoms with Gasteiger partial charge < -0.3 is 64.9 Å². The zero-order valence-corrected chi connectivity index (χ0v) is 33.2. The van der Waals surface area contributed by atoms with E-state index in [0.29, 0.717) is 12.8 Å². The molecule has 3 aliphatic rings. The van der Waals surface area contributed by atoms with Gasteiger partial charge in [0.1, 0.15) is 42.3 Å². The van der Waals surface area contributed by atoms with Crippen molar-refractivity contribution in [3.8, 4) is 0 Å². The van der Waals surface area contributed by atoms with Crippen molar-refractivity contribution in [2.75, 3.05) is 26.1 Å². The fourth-order valence-corrected chi connectivity index (χ4v) is 10.4. The summed E-state index contributed by atoms with van der Waals surface area (Å²) in [6.07, 6.45) is -5.16. The molecule has 0 amide bonds. The number of phosphoric acid groups is 3. The third-order valence-corrected chi connectivity index (χ3v) is 13.6. The number of imidazole rings is 2. The SMILES string of the molecule is CO[C@@H]1[C@H](OP(O)(=S)OC[C@H]2O[C@@H](n3cnc4c(=O)[nH]c(N)nc43)[C@H](O)[C@@H]2O)C(COP(=O)(O)OP(=O)(O)OP(=O)(O)O)O[C@H]1n1cnc2c1N=CCCC=C2N. The molecular weight excluding hydrogens is 874 g/mol. The number of aliphatic hydroxyl groups is 2. The highest BCUT2D eigenvalue weighted by atomic mass is 32.5. The first-order valence-electron chi connectivity index (χ1n) is 16.0. The summed E-state index contributed by atoms with van der Waals surface area (Å²) in [4.78, 5) is 79.9. The summed E-state index contributed by atoms with van der Waals surface area (Å²) >= 11 is 5.24. The van der Waals surface area contributed by atoms with Crippen molar-refractivity contribution in [3.05, 3.63) is 34.8 Å². The van der Waals surface area contributed by atoms with Gasteiger partial charge in [-0.15, -0.1) is 0 Å². The van der Waals surface area contributed by atoms with E-state index < -0.39 is 98.0 Å². The highest BCUT2D eigenvalue weighted by molar-refractivity contribution is 8.07. The minimum atomic E-state index is -5.90. The highest BCUT2D eigenvalue weighted by Crippen LogP contribution is 2.66. The van der Waals surface area contributed by atoms with Crippen LogP contribution < -0.4 is 17.0 Å². The smallest absolute Gasteiger partial charge is 0.397 e. The molecule has 6 heterocycles. The largest absolute Gasteiger partial charge is 0.490 e. The van der Waals surface area contributed by atoms with Gasteiger partial charge in [0.25, 0.3) is 5.56 Å². The lowest BCUT2D eigenvalue weighted by molar-refractivity contribution is -0.0587. The number of nitrogens with zero attached hydrogens (tertiary/aromatic N) is 6. The Balaban J connectivity index is 1.22. The van der Waals surface area contributed by atoms with Crippen molar-refractivity contribution >= 4 is 76.8 Å². The van der Waals surface area contributed by atoms with Crippen molar-refractivity contribution in [2.45, 2.75) is 61.9 Å². The van der Waals surface area contributed by atoms with Crippen LogP contribution in [0.5, 0.6) is 0 Å². The number of aliphatic hydroxyl groups excluding tert-OH is 2. The number of nitrogen functional groups attached to an aromatic ring is 1. The molecule has 6 rings (SSSR count). The first kappa shape index (κ1) is 43.9. The molecule has 57 heavy (non-hydrogen) atoms. The van der Waals surface area contributed by atoms with E-state index in [9.17, 15) is 43.4 Å². The summed E-state index contributed by atoms with van der Waals surface area (Å²) in [5.74, 6) is -0.0863. The van der Waals surface area contributed by atoms with Crippen LogP contribution in [0.25, 0.3) is 16.9 Å². The minimum absolute atomic E-state index is 0.0805. The molecule has 28 nitrogen and oxygen atoms in total. The topological polar surface area (TPSA) is 412 Å². The molecule has 0 aromatic carbocycles. The number of aliphatic imine (C=N–C) groups is 1. The van der Waals surface area contributed by atoms with Crippen LogP contribution in [-0.2, 0) is 61.9 Å². The zero-order chi connectivity index (χ0) is 41.7. The number of phosphoric ester groups is 1. The number of anilines is 1. The number of nitrogens with two attached hydrogens (primary N) is 2. The van der Waals surface area contributed by atoms with Gasteiger partial charge in [-0.2, -0.15) is 13.6 Å². The summed E-state index contributed by atoms with van der Waals surface area (Å²) in [7, 11) is -16.1. The average molecular weight is 910 g/mol. The Labute approximate surface area is 323 Å². The number of hydrogen-bond acceptors (Lipinski definition) is 21. The van der Waals surface area contributed by atoms with Crippen LogP contribution in [0.1, 0.15) is 31.0 Å². The Hall–Kier alpha value is -2.69. The van der Waals surface area contributed by atoms with Gasteiger partial charge in [0.05, 0.1) is 31.6 Å². The van der Waals surface area contributed by atoms with Crippen LogP contribution in [0.15, 0.2) is 28.5 Å². The number of methoxy groups -OCH3 is 1. The van der Waals surface area contributed by atoms with E-state index in [0.717, 1.165) is 10.9 Å². The molecule has 4 unspecified atom stereocenters. The van der Waals surface area contributed by atoms with E-state index in [2.05, 4.69) is 33.5 Å². The molecule has 3 aromatic rings. The quantitative estimate of drug-likeness (QED) is 0.0808. The monoisotopic (exact) mass is 909 g/mol. The predicted molar refractivity (Wildman–Crippen MR) is 192 cm³/mol. The van der Waals surface area contributed by atoms with Gasteiger partial charge in [0.2, 0.25) is 5.95 Å². The van der Waals surface area contributed by atoms with Gasteiger partial charge in [-0.1, -0.05) is 6.08 Å². The van der Waals surface area contributed by atoms with Crippen LogP contribution >= 0.6 is 30.2 Å². The van der Waals surface area contributed by atoms with Crippen molar-refractivity contribution in [3.63, 3.8) is 0 Å². The third-order valence-electron chi connectivity index (χ3n) is 8.28. The number of aromatic nitrogens is 6. The van der Waals surface area contributed by atoms with E-state index >= 15 is 0 Å². The zero-order valence-electron chi connectivity index (χ0n) is 28.8. The third kappa shape index (κ3) is 10.0. The average Bonchev–Trinajstić information content (AvgIpc) is 3.84. The summed E-state index contributed by atoms with van der Waals surface area (Å²) in [6.45, 7) is -6.32. The normalized spacial score (nSPS) is 29.9. The van der Waals surface area contributed by atoms with Crippen LogP contribution in [0, 0.1) is 0 Å². The van der Waals surface area contributed by atoms with Crippen molar-refractivity contribution in [2.24, 2.45) is 10.7 Å². The number of nitrogens with one attached hydrogen (secondary N) is 1. The van der Waals surface area contributed by atoms with E-state index in [-0.39, 0.29) is 34.3 Å². The van der Waals surface area contributed by atoms with Gasteiger partial charge in [-0.3, -0.25) is 28.0 Å². The van der Waals surface area contributed by atoms with Crippen molar-refractivity contribution in [1.29, 1.82) is 0 Å². The number of fused-ring (bicyclic) bond motifs is 2. The van der Waals surface area contributed by atoms with Gasteiger partial charge in [0, 0.05) is 13.3 Å². The number of ether oxygens (including phenoxy) is 3. The lowest BCUT2D eigenvalue weighted by Gasteiger charge is -2.28. The second kappa shape index (κ2) is 16.8. The van der Waals surface area contributed by atoms with E-state index in [4.69, 9.17) is 60.8 Å². The molecule has 0 aliphatic carbocycles. The Morgan fingerprint density at radius 3 is 2.30 bits per heavy atom. The summed E-state index contributed by atoms with van der Waals surface area (Å²) in [5.41, 5.74) is 11.5. The molecule has 33 heteroatoms. The van der Waals surface area contributed by atoms with Crippen LogP contribution in [0.2, 0.25) is 0 Å². The van der Waals surface area contributed by atoms with E-state index in [1.165, 1.54) is 18.0 Å². The molecule has 2 fully saturated rings. The molecule has 12 N–H and O–H groups in total. The molecule has 0 spiro atoms. The summed E-state index contributed by atoms with van der Waals surface area (Å²) in [5, 5.41) is 21.6. The molecule has 11 atom stereocenters. The number of allylic oxidation sites excluding steroid dienone is 1. The van der Waals surface area contributed by atoms with E-state index in [1.54, 1.807) is 12.3 Å². The van der Waals surface area contributed by atoms with Gasteiger partial charge in [0.15, 0.2) is 29.4 Å². The summed E-state index contributed by atoms with van der Waals surface area (Å²) in [6, 6.07) is 0. The number of hydrogen-bond donors (Lipinski definition) is 10. The first-order valence-corrected chi connectivity index (χ1v) is 23.1. The van der Waals surface area contributed by atoms with Gasteiger partial charge >= 0.3 is 30.2 Å². The number of rotatable bonds is 15. The van der Waals surface area contributed by atoms with Gasteiger partial charge in [-0.25, -0.2) is 28.7 Å². The lowest BCUT2D eigenvalue weighted by Crippen LogP contribution is -2.37. The standard InChI is InChI=1S/C24H35N9O19P4S/c1-45-18-17(50-56(44,57)47-6-11-15(34)16(35)22(48-11)33-9-29-14-20(33)30-24(26)31-21(14)36)12(7-46-54(40,41)52-55(42,43)51-53(37,38)39)49-23(18)32-8-28-13-10(25)4-2-3-5-27-19(13)32/h4-5,8-9,11-12,15-18,22-23,34-35H,2-3,6-7,25H2,1H3,(H,40,41)(H,42,43)(H,44,57)(H2,37,38,39)(H3,26,30,31,36)/t11-,12?,15-,16-,17-,18-,22-,23-,56?/m1/s1. The minimum Gasteiger partial charge on any atom is -0.397 e. The molecule has 0 saturated carbocycles. The maximum Gasteiger partial charge on any atom is 0.490 e. The highest BCUT2D eigenvalue weighted by Gasteiger charge is 2.52. The number of aromatic amines is 1. The molecule has 0 radical (unpaired) electrons. The molecule has 3 aromatic heterocycles. The molecular formula is C24H35N9O19P4S. The maximum atomic E-state index is 12.6. The molecule has 2 saturated heterocycles. The van der Waals surface area contributed by atoms with Crippen LogP contribution in [-0.4, -0.2) is 127 Å². The van der Waals surface area contributed by atoms with Crippen LogP contribution in [0.4, 0.5) is 11.8 Å². The molecule has 0 bridgehead atoms. The summed E-state index contributed by atoms with van der Waals surface area (Å²) < 4.78 is 79.2. The Morgan fingerprint density at radius 2 is 1.60 bits per heavy atom. The van der Waals surface area contributed by atoms with Crippen LogP contribution in [0.3, 0.4) is 0 Å². The second-order valence-corrected chi connectivity index (χ2v) is 19.4. The Kier molecular flexibility index (Phi) is 12.9. The fraction of sp³-hybridized carbons (Fsp3) is 0.542. The Bertz CT molecular complexity index is 2300.